The number of alkyl halides is 3. The first-order valence-electron chi connectivity index (χ1n) is 6.88. The Morgan fingerprint density at radius 3 is 2.50 bits per heavy atom. The van der Waals surface area contributed by atoms with E-state index in [-0.39, 0.29) is 16.6 Å². The van der Waals surface area contributed by atoms with E-state index in [1.807, 2.05) is 10.9 Å². The molecule has 1 aromatic heterocycles. The van der Waals surface area contributed by atoms with Crippen LogP contribution >= 0.6 is 11.8 Å². The normalized spacial score (nSPS) is 11.1. The summed E-state index contributed by atoms with van der Waals surface area (Å²) in [6, 6.07) is 4.50. The molecule has 0 spiro atoms. The monoisotopic (exact) mass is 392 g/mol. The quantitative estimate of drug-likeness (QED) is 0.419. The molecule has 0 atom stereocenters. The summed E-state index contributed by atoms with van der Waals surface area (Å²) in [7, 11) is 1.11. The van der Waals surface area contributed by atoms with Crippen LogP contribution < -0.4 is 16.2 Å². The summed E-state index contributed by atoms with van der Waals surface area (Å²) in [5, 5.41) is 8.41. The van der Waals surface area contributed by atoms with E-state index in [9.17, 15) is 27.2 Å². The number of hydrogen-bond acceptors (Lipinski definition) is 5. The van der Waals surface area contributed by atoms with Gasteiger partial charge in [0.1, 0.15) is 5.82 Å². The predicted octanol–water partition coefficient (Wildman–Crippen LogP) is 1.92. The molecule has 2 rings (SSSR count). The zero-order chi connectivity index (χ0) is 19.3. The Bertz CT molecular complexity index is 810. The van der Waals surface area contributed by atoms with E-state index >= 15 is 0 Å². The number of hydrogen-bond donors (Lipinski definition) is 3. The van der Waals surface area contributed by atoms with Crippen LogP contribution in [0.5, 0.6) is 0 Å². The fraction of sp³-hybridized carbons (Fsp3) is 0.231. The van der Waals surface area contributed by atoms with Crippen LogP contribution in [0.15, 0.2) is 29.4 Å². The van der Waals surface area contributed by atoms with Gasteiger partial charge in [0, 0.05) is 7.05 Å². The zero-order valence-corrected chi connectivity index (χ0v) is 13.9. The lowest BCUT2D eigenvalue weighted by Gasteiger charge is -2.09. The number of anilines is 1. The number of nitrogens with zero attached hydrogens (tertiary/aromatic N) is 3. The van der Waals surface area contributed by atoms with Crippen molar-refractivity contribution in [2.24, 2.45) is 7.05 Å². The van der Waals surface area contributed by atoms with Crippen LogP contribution in [-0.4, -0.2) is 32.5 Å². The van der Waals surface area contributed by atoms with Crippen molar-refractivity contribution in [1.29, 1.82) is 0 Å². The molecule has 0 bridgehead atoms. The number of para-hydroxylation sites is 1. The third-order valence-corrected chi connectivity index (χ3v) is 3.88. The molecule has 8 nitrogen and oxygen atoms in total. The second kappa shape index (κ2) is 8.03. The highest BCUT2D eigenvalue weighted by atomic mass is 32.2. The van der Waals surface area contributed by atoms with Gasteiger partial charge in [0.25, 0.3) is 0 Å². The molecule has 140 valence electrons. The van der Waals surface area contributed by atoms with Gasteiger partial charge in [0.2, 0.25) is 11.7 Å². The maximum atomic E-state index is 13.4. The second-order valence-corrected chi connectivity index (χ2v) is 5.70. The minimum absolute atomic E-state index is 0.0904. The Balaban J connectivity index is 1.80. The number of hydrazine groups is 1. The molecule has 13 heteroatoms. The maximum absolute atomic E-state index is 13.4. The van der Waals surface area contributed by atoms with E-state index in [0.29, 0.717) is 16.3 Å². The van der Waals surface area contributed by atoms with Crippen molar-refractivity contribution < 1.29 is 27.2 Å². The molecule has 0 radical (unpaired) electrons. The molecule has 0 saturated carbocycles. The van der Waals surface area contributed by atoms with Crippen LogP contribution in [0.1, 0.15) is 5.82 Å². The molecular weight excluding hydrogens is 380 g/mol. The van der Waals surface area contributed by atoms with Gasteiger partial charge in [-0.15, -0.1) is 10.2 Å². The average Bonchev–Trinajstić information content (AvgIpc) is 2.94. The lowest BCUT2D eigenvalue weighted by atomic mass is 10.3. The highest BCUT2D eigenvalue weighted by Gasteiger charge is 2.37. The van der Waals surface area contributed by atoms with Crippen LogP contribution in [0.3, 0.4) is 0 Å². The van der Waals surface area contributed by atoms with Gasteiger partial charge in [-0.05, 0) is 12.1 Å². The van der Waals surface area contributed by atoms with Crippen molar-refractivity contribution in [3.63, 3.8) is 0 Å². The molecule has 0 aliphatic rings. The number of carbonyl (C=O) groups excluding carboxylic acids is 2. The smallest absolute Gasteiger partial charge is 0.304 e. The van der Waals surface area contributed by atoms with E-state index in [2.05, 4.69) is 15.5 Å². The summed E-state index contributed by atoms with van der Waals surface area (Å²) in [5.74, 6) is -2.89. The standard InChI is InChI=1S/C13H12F4N6O2S/c1-23-10(13(15,16)17)20-22-12(23)26-6-9(24)19-21-11(25)18-8-5-3-2-4-7(8)14/h2-5H,6H2,1H3,(H,19,24)(H2,18,21,25). The molecule has 3 amide bonds. The van der Waals surface area contributed by atoms with Crippen molar-refractivity contribution in [3.8, 4) is 0 Å². The molecule has 1 heterocycles. The summed E-state index contributed by atoms with van der Waals surface area (Å²) >= 11 is 0.696. The minimum Gasteiger partial charge on any atom is -0.304 e. The Kier molecular flexibility index (Phi) is 6.02. The van der Waals surface area contributed by atoms with Crippen molar-refractivity contribution in [1.82, 2.24) is 25.6 Å². The largest absolute Gasteiger partial charge is 0.451 e. The van der Waals surface area contributed by atoms with Gasteiger partial charge in [-0.25, -0.2) is 14.6 Å². The fourth-order valence-electron chi connectivity index (χ4n) is 1.70. The van der Waals surface area contributed by atoms with Crippen molar-refractivity contribution in [2.75, 3.05) is 11.1 Å². The molecule has 1 aromatic carbocycles. The molecule has 3 N–H and O–H groups in total. The number of aromatic nitrogens is 3. The average molecular weight is 392 g/mol. The summed E-state index contributed by atoms with van der Waals surface area (Å²) in [4.78, 5) is 23.2. The highest BCUT2D eigenvalue weighted by molar-refractivity contribution is 7.99. The first kappa shape index (κ1) is 19.5. The predicted molar refractivity (Wildman–Crippen MR) is 83.4 cm³/mol. The second-order valence-electron chi connectivity index (χ2n) is 4.76. The van der Waals surface area contributed by atoms with Gasteiger partial charge in [0.05, 0.1) is 11.4 Å². The summed E-state index contributed by atoms with van der Waals surface area (Å²) in [6.45, 7) is 0. The van der Waals surface area contributed by atoms with Crippen LogP contribution in [0.2, 0.25) is 0 Å². The van der Waals surface area contributed by atoms with Gasteiger partial charge < -0.3 is 9.88 Å². The molecule has 0 saturated heterocycles. The molecule has 26 heavy (non-hydrogen) atoms. The number of nitrogens with one attached hydrogen (secondary N) is 3. The number of amides is 3. The first-order chi connectivity index (χ1) is 12.2. The summed E-state index contributed by atoms with van der Waals surface area (Å²) < 4.78 is 51.8. The van der Waals surface area contributed by atoms with Gasteiger partial charge in [-0.3, -0.25) is 10.2 Å². The molecule has 0 fully saturated rings. The Morgan fingerprint density at radius 2 is 1.88 bits per heavy atom. The third kappa shape index (κ3) is 5.08. The molecule has 0 aliphatic carbocycles. The highest BCUT2D eigenvalue weighted by Crippen LogP contribution is 2.29. The molecular formula is C13H12F4N6O2S. The minimum atomic E-state index is -4.66. The van der Waals surface area contributed by atoms with E-state index < -0.39 is 29.8 Å². The van der Waals surface area contributed by atoms with Crippen LogP contribution in [0.25, 0.3) is 0 Å². The van der Waals surface area contributed by atoms with Crippen molar-refractivity contribution in [3.05, 3.63) is 35.9 Å². The topological polar surface area (TPSA) is 101 Å². The van der Waals surface area contributed by atoms with E-state index in [1.54, 1.807) is 0 Å². The summed E-state index contributed by atoms with van der Waals surface area (Å²) in [6.07, 6.45) is -4.66. The Labute approximate surface area is 148 Å². The van der Waals surface area contributed by atoms with Crippen molar-refractivity contribution >= 4 is 29.4 Å². The zero-order valence-electron chi connectivity index (χ0n) is 13.1. The molecule has 2 aromatic rings. The van der Waals surface area contributed by atoms with Crippen molar-refractivity contribution in [2.45, 2.75) is 11.3 Å². The number of carbonyl (C=O) groups is 2. The van der Waals surface area contributed by atoms with Gasteiger partial charge in [-0.1, -0.05) is 23.9 Å². The molecule has 0 aliphatic heterocycles. The first-order valence-corrected chi connectivity index (χ1v) is 7.87. The number of halogens is 4. The lowest BCUT2D eigenvalue weighted by Crippen LogP contribution is -2.44. The summed E-state index contributed by atoms with van der Waals surface area (Å²) in [5.41, 5.74) is 3.92. The Hall–Kier alpha value is -2.83. The number of rotatable bonds is 4. The van der Waals surface area contributed by atoms with Gasteiger partial charge >= 0.3 is 12.2 Å². The number of urea groups is 1. The fourth-order valence-corrected chi connectivity index (χ4v) is 2.41. The third-order valence-electron chi connectivity index (χ3n) is 2.86. The van der Waals surface area contributed by atoms with E-state index in [0.717, 1.165) is 13.1 Å². The molecule has 0 unspecified atom stereocenters. The maximum Gasteiger partial charge on any atom is 0.451 e. The van der Waals surface area contributed by atoms with Gasteiger partial charge in [0.15, 0.2) is 5.16 Å². The van der Waals surface area contributed by atoms with Crippen LogP contribution in [0, 0.1) is 5.82 Å². The van der Waals surface area contributed by atoms with Crippen LogP contribution in [0.4, 0.5) is 28.0 Å². The number of benzene rings is 1. The van der Waals surface area contributed by atoms with Gasteiger partial charge in [-0.2, -0.15) is 13.2 Å². The Morgan fingerprint density at radius 1 is 1.19 bits per heavy atom. The SMILES string of the molecule is Cn1c(SCC(=O)NNC(=O)Nc2ccccc2F)nnc1C(F)(F)F. The van der Waals surface area contributed by atoms with E-state index in [1.165, 1.54) is 18.2 Å². The lowest BCUT2D eigenvalue weighted by molar-refractivity contribution is -0.147. The van der Waals surface area contributed by atoms with Crippen LogP contribution in [-0.2, 0) is 18.0 Å². The van der Waals surface area contributed by atoms with E-state index in [4.69, 9.17) is 0 Å². The number of thioether (sulfide) groups is 1.